The molecule has 41 heavy (non-hydrogen) atoms. The number of nitrogens with zero attached hydrogens (tertiary/aromatic N) is 1. The van der Waals surface area contributed by atoms with Gasteiger partial charge < -0.3 is 4.85 Å². The van der Waals surface area contributed by atoms with Crippen LogP contribution in [0.3, 0.4) is 0 Å². The van der Waals surface area contributed by atoms with Crippen molar-refractivity contribution in [2.45, 2.75) is 131 Å². The van der Waals surface area contributed by atoms with Gasteiger partial charge in [-0.1, -0.05) is 48.5 Å². The van der Waals surface area contributed by atoms with Gasteiger partial charge in [0.25, 0.3) is 6.04 Å². The maximum absolute atomic E-state index is 14.6. The molecule has 0 aliphatic heterocycles. The molecule has 0 heterocycles. The molecule has 0 aromatic rings. The van der Waals surface area contributed by atoms with Crippen molar-refractivity contribution in [2.75, 3.05) is 0 Å². The number of hydrogen-bond donors (Lipinski definition) is 0. The van der Waals surface area contributed by atoms with Crippen LogP contribution in [0.5, 0.6) is 0 Å². The molecule has 0 aromatic heterocycles. The van der Waals surface area contributed by atoms with Gasteiger partial charge in [0.2, 0.25) is 5.78 Å². The number of fused-ring (bicyclic) bond motifs is 7. The normalized spacial score (nSPS) is 46.8. The monoisotopic (exact) mass is 575 g/mol. The Morgan fingerprint density at radius 3 is 2.15 bits per heavy atom. The lowest BCUT2D eigenvalue weighted by atomic mass is 9.31. The van der Waals surface area contributed by atoms with Crippen molar-refractivity contribution in [1.29, 1.82) is 0 Å². The molecule has 0 bridgehead atoms. The van der Waals surface area contributed by atoms with Crippen molar-refractivity contribution in [2.24, 2.45) is 56.2 Å². The molecular formula is C34H48F3NO3. The third-order valence-corrected chi connectivity index (χ3v) is 14.1. The average molecular weight is 576 g/mol. The fourth-order valence-corrected chi connectivity index (χ4v) is 11.8. The minimum atomic E-state index is -4.38. The van der Waals surface area contributed by atoms with Gasteiger partial charge in [-0.15, -0.1) is 0 Å². The molecule has 1 unspecified atom stereocenters. The first-order chi connectivity index (χ1) is 18.7. The first kappa shape index (κ1) is 30.7. The lowest BCUT2D eigenvalue weighted by Crippen LogP contribution is -2.70. The molecule has 5 saturated carbocycles. The molecule has 5 aliphatic rings. The van der Waals surface area contributed by atoms with Crippen LogP contribution in [0.4, 0.5) is 13.2 Å². The van der Waals surface area contributed by atoms with Gasteiger partial charge in [0, 0.05) is 36.0 Å². The highest BCUT2D eigenvalue weighted by Crippen LogP contribution is 2.76. The lowest BCUT2D eigenvalue weighted by molar-refractivity contribution is -0.233. The van der Waals surface area contributed by atoms with Gasteiger partial charge in [-0.05, 0) is 84.4 Å². The molecule has 5 aliphatic carbocycles. The first-order valence-electron chi connectivity index (χ1n) is 15.7. The summed E-state index contributed by atoms with van der Waals surface area (Å²) in [6.45, 7) is 22.9. The van der Waals surface area contributed by atoms with E-state index in [2.05, 4.69) is 39.5 Å². The molecule has 0 spiro atoms. The standard InChI is InChI=1S/C34H48F3NO3/c1-28(2)13-15-33(25(40)10-12-34(35,36)37)16-14-32(7)26(20(33)18-28)22(39)17-24-30(5)19-21(38-8)27(41)29(3,4)23(30)9-11-31(24,32)6/h20-21,23-24,26H,9-19H2,1-7H3/t20-,21?,23-,24+,26-,30-,31+,32+,33-/m0/s1. The molecule has 0 amide bonds. The Kier molecular flexibility index (Phi) is 6.86. The average Bonchev–Trinajstić information content (AvgIpc) is 2.85. The highest BCUT2D eigenvalue weighted by atomic mass is 19.4. The third-order valence-electron chi connectivity index (χ3n) is 14.1. The Balaban J connectivity index is 1.57. The van der Waals surface area contributed by atoms with Gasteiger partial charge in [0.05, 0.1) is 6.42 Å². The maximum Gasteiger partial charge on any atom is 0.389 e. The van der Waals surface area contributed by atoms with E-state index in [1.807, 2.05) is 13.8 Å². The number of hydrogen-bond acceptors (Lipinski definition) is 3. The van der Waals surface area contributed by atoms with Crippen LogP contribution in [0.1, 0.15) is 119 Å². The van der Waals surface area contributed by atoms with Crippen LogP contribution in [-0.2, 0) is 14.4 Å². The number of carbonyl (C=O) groups is 3. The van der Waals surface area contributed by atoms with Crippen LogP contribution in [0.25, 0.3) is 4.85 Å². The highest BCUT2D eigenvalue weighted by Gasteiger charge is 2.74. The van der Waals surface area contributed by atoms with E-state index in [1.54, 1.807) is 0 Å². The molecule has 228 valence electrons. The number of ketones is 3. The minimum Gasteiger partial charge on any atom is -0.305 e. The van der Waals surface area contributed by atoms with E-state index in [4.69, 9.17) is 6.57 Å². The van der Waals surface area contributed by atoms with Gasteiger partial charge in [0.15, 0.2) is 0 Å². The second-order valence-corrected chi connectivity index (χ2v) is 16.7. The van der Waals surface area contributed by atoms with Crippen molar-refractivity contribution in [3.05, 3.63) is 11.4 Å². The molecular weight excluding hydrogens is 527 g/mol. The van der Waals surface area contributed by atoms with Gasteiger partial charge in [-0.2, -0.15) is 13.2 Å². The zero-order valence-corrected chi connectivity index (χ0v) is 26.0. The van der Waals surface area contributed by atoms with E-state index in [1.165, 1.54) is 0 Å². The fourth-order valence-electron chi connectivity index (χ4n) is 11.8. The Labute approximate surface area is 243 Å². The zero-order chi connectivity index (χ0) is 30.6. The number of Topliss-reactive ketones (excluding diaryl/α,β-unsaturated/α-hetero) is 3. The molecule has 0 radical (unpaired) electrons. The molecule has 4 nitrogen and oxygen atoms in total. The van der Waals surface area contributed by atoms with Crippen LogP contribution in [0, 0.1) is 62.7 Å². The minimum absolute atomic E-state index is 0.0177. The van der Waals surface area contributed by atoms with E-state index < -0.39 is 41.3 Å². The number of rotatable bonds is 3. The summed E-state index contributed by atoms with van der Waals surface area (Å²) >= 11 is 0. The van der Waals surface area contributed by atoms with Crippen LogP contribution < -0.4 is 0 Å². The molecule has 0 N–H and O–H groups in total. The van der Waals surface area contributed by atoms with Gasteiger partial charge in [0.1, 0.15) is 11.6 Å². The van der Waals surface area contributed by atoms with E-state index in [9.17, 15) is 27.6 Å². The van der Waals surface area contributed by atoms with Gasteiger partial charge >= 0.3 is 6.18 Å². The molecule has 7 heteroatoms. The van der Waals surface area contributed by atoms with Gasteiger partial charge in [-0.3, -0.25) is 14.4 Å². The van der Waals surface area contributed by atoms with E-state index in [-0.39, 0.29) is 57.3 Å². The fraction of sp³-hybridized carbons (Fsp3) is 0.882. The SMILES string of the molecule is [C-]#[N+]C1C[C@]2(C)[C@H]3CC(=O)[C@@H]4[C@@H]5CC(C)(C)CC[C@]5(C(=O)CCC(F)(F)F)CC[C@@]4(C)[C@]3(C)CC[C@H]2C(C)(C)C1=O. The largest absolute Gasteiger partial charge is 0.389 e. The predicted molar refractivity (Wildman–Crippen MR) is 151 cm³/mol. The molecule has 5 fully saturated rings. The van der Waals surface area contributed by atoms with E-state index in [0.29, 0.717) is 38.5 Å². The van der Waals surface area contributed by atoms with Crippen molar-refractivity contribution in [1.82, 2.24) is 0 Å². The predicted octanol–water partition coefficient (Wildman–Crippen LogP) is 8.43. The van der Waals surface area contributed by atoms with Crippen molar-refractivity contribution >= 4 is 17.3 Å². The van der Waals surface area contributed by atoms with Crippen LogP contribution in [0.15, 0.2) is 0 Å². The second kappa shape index (κ2) is 9.15. The van der Waals surface area contributed by atoms with Crippen LogP contribution >= 0.6 is 0 Å². The number of halogens is 3. The third kappa shape index (κ3) is 4.22. The maximum atomic E-state index is 14.6. The van der Waals surface area contributed by atoms with Crippen molar-refractivity contribution in [3.63, 3.8) is 0 Å². The topological polar surface area (TPSA) is 55.6 Å². The molecule has 0 aromatic carbocycles. The van der Waals surface area contributed by atoms with Gasteiger partial charge in [-0.25, -0.2) is 6.57 Å². The van der Waals surface area contributed by atoms with Crippen LogP contribution in [0.2, 0.25) is 0 Å². The Hall–Kier alpha value is -1.71. The van der Waals surface area contributed by atoms with Crippen molar-refractivity contribution < 1.29 is 27.6 Å². The summed E-state index contributed by atoms with van der Waals surface area (Å²) in [6.07, 6.45) is -0.194. The second-order valence-electron chi connectivity index (χ2n) is 16.7. The number of carbonyl (C=O) groups excluding carboxylic acids is 3. The van der Waals surface area contributed by atoms with E-state index >= 15 is 0 Å². The summed E-state index contributed by atoms with van der Waals surface area (Å²) in [5, 5.41) is 0. The van der Waals surface area contributed by atoms with Crippen LogP contribution in [-0.4, -0.2) is 29.6 Å². The summed E-state index contributed by atoms with van der Waals surface area (Å²) in [5.74, 6) is -0.615. The summed E-state index contributed by atoms with van der Waals surface area (Å²) in [6, 6.07) is -0.696. The molecule has 9 atom stereocenters. The number of alkyl halides is 3. The smallest absolute Gasteiger partial charge is 0.305 e. The molecule has 0 saturated heterocycles. The Bertz CT molecular complexity index is 1200. The summed E-state index contributed by atoms with van der Waals surface area (Å²) < 4.78 is 39.6. The van der Waals surface area contributed by atoms with Crippen molar-refractivity contribution in [3.8, 4) is 0 Å². The summed E-state index contributed by atoms with van der Waals surface area (Å²) in [7, 11) is 0. The zero-order valence-electron chi connectivity index (χ0n) is 26.0. The summed E-state index contributed by atoms with van der Waals surface area (Å²) in [5.41, 5.74) is -2.56. The quantitative estimate of drug-likeness (QED) is 0.318. The Morgan fingerprint density at radius 2 is 1.54 bits per heavy atom. The van der Waals surface area contributed by atoms with E-state index in [0.717, 1.165) is 19.3 Å². The molecule has 5 rings (SSSR count). The Morgan fingerprint density at radius 1 is 0.902 bits per heavy atom. The lowest BCUT2D eigenvalue weighted by Gasteiger charge is -2.72. The summed E-state index contributed by atoms with van der Waals surface area (Å²) in [4.78, 5) is 45.4. The highest BCUT2D eigenvalue weighted by molar-refractivity contribution is 5.92. The first-order valence-corrected chi connectivity index (χ1v) is 15.7.